The molecule has 0 bridgehead atoms. The molecule has 1 heterocycles. The molecule has 21 heavy (non-hydrogen) atoms. The Morgan fingerprint density at radius 3 is 3.05 bits per heavy atom. The molecule has 0 radical (unpaired) electrons. The number of hydrazine groups is 1. The van der Waals surface area contributed by atoms with Gasteiger partial charge in [-0.2, -0.15) is 0 Å². The van der Waals surface area contributed by atoms with E-state index in [4.69, 9.17) is 10.6 Å². The standard InChI is InChI=1S/C17H25BrN2O/c1-11-3-2-4-12(7-11)16(20-19)10-14-9-15(18)8-13-5-6-21-17(13)14/h8-9,11-12,16,20H,2-7,10,19H2,1H3. The van der Waals surface area contributed by atoms with Crippen LogP contribution in [-0.2, 0) is 12.8 Å². The van der Waals surface area contributed by atoms with E-state index < -0.39 is 0 Å². The molecule has 1 fully saturated rings. The summed E-state index contributed by atoms with van der Waals surface area (Å²) in [5.74, 6) is 8.48. The van der Waals surface area contributed by atoms with E-state index in [1.165, 1.54) is 36.8 Å². The number of fused-ring (bicyclic) bond motifs is 1. The van der Waals surface area contributed by atoms with E-state index in [1.54, 1.807) is 0 Å². The molecular weight excluding hydrogens is 328 g/mol. The van der Waals surface area contributed by atoms with Crippen molar-refractivity contribution >= 4 is 15.9 Å². The van der Waals surface area contributed by atoms with Gasteiger partial charge in [-0.05, 0) is 54.4 Å². The smallest absolute Gasteiger partial charge is 0.125 e. The summed E-state index contributed by atoms with van der Waals surface area (Å²) in [6.45, 7) is 3.17. The second kappa shape index (κ2) is 6.67. The highest BCUT2D eigenvalue weighted by Gasteiger charge is 2.28. The van der Waals surface area contributed by atoms with Gasteiger partial charge in [0.05, 0.1) is 6.61 Å². The molecule has 0 aromatic heterocycles. The molecule has 3 N–H and O–H groups in total. The molecule has 4 heteroatoms. The van der Waals surface area contributed by atoms with E-state index in [0.717, 1.165) is 35.6 Å². The monoisotopic (exact) mass is 352 g/mol. The average molecular weight is 353 g/mol. The van der Waals surface area contributed by atoms with Crippen molar-refractivity contribution < 1.29 is 4.74 Å². The molecule has 3 nitrogen and oxygen atoms in total. The molecule has 3 unspecified atom stereocenters. The summed E-state index contributed by atoms with van der Waals surface area (Å²) < 4.78 is 7.00. The Labute approximate surface area is 135 Å². The van der Waals surface area contributed by atoms with Gasteiger partial charge in [0.15, 0.2) is 0 Å². The number of halogens is 1. The minimum absolute atomic E-state index is 0.343. The van der Waals surface area contributed by atoms with E-state index in [-0.39, 0.29) is 0 Å². The van der Waals surface area contributed by atoms with E-state index in [2.05, 4.69) is 40.4 Å². The van der Waals surface area contributed by atoms with E-state index in [0.29, 0.717) is 12.0 Å². The van der Waals surface area contributed by atoms with Crippen LogP contribution in [0.25, 0.3) is 0 Å². The quantitative estimate of drug-likeness (QED) is 0.643. The number of benzene rings is 1. The Morgan fingerprint density at radius 2 is 2.29 bits per heavy atom. The van der Waals surface area contributed by atoms with Crippen molar-refractivity contribution in [3.8, 4) is 5.75 Å². The number of ether oxygens (including phenoxy) is 1. The SMILES string of the molecule is CC1CCCC(C(Cc2cc(Br)cc3c2OCC3)NN)C1. The van der Waals surface area contributed by atoms with E-state index >= 15 is 0 Å². The molecule has 0 amide bonds. The fourth-order valence-corrected chi connectivity index (χ4v) is 4.50. The van der Waals surface area contributed by atoms with Crippen molar-refractivity contribution in [3.63, 3.8) is 0 Å². The van der Waals surface area contributed by atoms with E-state index in [9.17, 15) is 0 Å². The van der Waals surface area contributed by atoms with Crippen molar-refractivity contribution in [2.45, 2.75) is 51.5 Å². The number of nitrogens with two attached hydrogens (primary N) is 1. The van der Waals surface area contributed by atoms with Crippen LogP contribution in [-0.4, -0.2) is 12.6 Å². The first-order valence-corrected chi connectivity index (χ1v) is 8.87. The van der Waals surface area contributed by atoms with Crippen LogP contribution in [0, 0.1) is 11.8 Å². The lowest BCUT2D eigenvalue weighted by Gasteiger charge is -2.33. The number of nitrogens with one attached hydrogen (secondary N) is 1. The van der Waals surface area contributed by atoms with Gasteiger partial charge < -0.3 is 4.74 Å². The Morgan fingerprint density at radius 1 is 1.43 bits per heavy atom. The first-order valence-electron chi connectivity index (χ1n) is 8.07. The zero-order chi connectivity index (χ0) is 14.8. The third-order valence-corrected chi connectivity index (χ3v) is 5.48. The maximum Gasteiger partial charge on any atom is 0.125 e. The minimum atomic E-state index is 0.343. The van der Waals surface area contributed by atoms with Gasteiger partial charge in [0, 0.05) is 16.9 Å². The Balaban J connectivity index is 1.78. The van der Waals surface area contributed by atoms with Crippen molar-refractivity contribution in [1.29, 1.82) is 0 Å². The highest BCUT2D eigenvalue weighted by atomic mass is 79.9. The van der Waals surface area contributed by atoms with Crippen LogP contribution in [0.1, 0.15) is 43.7 Å². The van der Waals surface area contributed by atoms with Crippen LogP contribution in [0.15, 0.2) is 16.6 Å². The van der Waals surface area contributed by atoms with Crippen LogP contribution < -0.4 is 16.0 Å². The predicted molar refractivity (Wildman–Crippen MR) is 89.3 cm³/mol. The van der Waals surface area contributed by atoms with E-state index in [1.807, 2.05) is 0 Å². The highest BCUT2D eigenvalue weighted by molar-refractivity contribution is 9.10. The molecule has 1 aliphatic carbocycles. The lowest BCUT2D eigenvalue weighted by atomic mass is 9.77. The molecule has 2 aliphatic rings. The highest BCUT2D eigenvalue weighted by Crippen LogP contribution is 2.36. The molecule has 1 aromatic carbocycles. The summed E-state index contributed by atoms with van der Waals surface area (Å²) in [5.41, 5.74) is 5.70. The Kier molecular flexibility index (Phi) is 4.87. The van der Waals surface area contributed by atoms with Crippen LogP contribution >= 0.6 is 15.9 Å². The topological polar surface area (TPSA) is 47.3 Å². The number of rotatable bonds is 4. The van der Waals surface area contributed by atoms with Crippen LogP contribution in [0.2, 0.25) is 0 Å². The summed E-state index contributed by atoms with van der Waals surface area (Å²) in [7, 11) is 0. The Bertz CT molecular complexity index is 506. The third kappa shape index (κ3) is 3.43. The number of hydrogen-bond acceptors (Lipinski definition) is 3. The summed E-state index contributed by atoms with van der Waals surface area (Å²) in [6.07, 6.45) is 7.24. The number of hydrogen-bond donors (Lipinski definition) is 2. The average Bonchev–Trinajstić information content (AvgIpc) is 2.92. The maximum atomic E-state index is 5.88. The lowest BCUT2D eigenvalue weighted by molar-refractivity contribution is 0.221. The largest absolute Gasteiger partial charge is 0.493 e. The second-order valence-corrected chi connectivity index (χ2v) is 7.58. The van der Waals surface area contributed by atoms with Crippen LogP contribution in [0.3, 0.4) is 0 Å². The molecule has 116 valence electrons. The van der Waals surface area contributed by atoms with Gasteiger partial charge in [-0.1, -0.05) is 35.7 Å². The molecule has 3 atom stereocenters. The van der Waals surface area contributed by atoms with Gasteiger partial charge >= 0.3 is 0 Å². The molecule has 1 aromatic rings. The van der Waals surface area contributed by atoms with Crippen molar-refractivity contribution in [1.82, 2.24) is 5.43 Å². The lowest BCUT2D eigenvalue weighted by Crippen LogP contribution is -2.44. The van der Waals surface area contributed by atoms with Crippen molar-refractivity contribution in [2.24, 2.45) is 17.7 Å². The first-order chi connectivity index (χ1) is 10.2. The zero-order valence-electron chi connectivity index (χ0n) is 12.7. The molecule has 1 aliphatic heterocycles. The first kappa shape index (κ1) is 15.3. The zero-order valence-corrected chi connectivity index (χ0v) is 14.3. The molecular formula is C17H25BrN2O. The fourth-order valence-electron chi connectivity index (χ4n) is 3.94. The minimum Gasteiger partial charge on any atom is -0.493 e. The summed E-state index contributed by atoms with van der Waals surface area (Å²) in [6, 6.07) is 4.72. The van der Waals surface area contributed by atoms with Gasteiger partial charge in [-0.3, -0.25) is 11.3 Å². The summed E-state index contributed by atoms with van der Waals surface area (Å²) in [5, 5.41) is 0. The maximum absolute atomic E-state index is 5.88. The fraction of sp³-hybridized carbons (Fsp3) is 0.647. The molecule has 3 rings (SSSR count). The van der Waals surface area contributed by atoms with Crippen molar-refractivity contribution in [3.05, 3.63) is 27.7 Å². The summed E-state index contributed by atoms with van der Waals surface area (Å²) >= 11 is 3.63. The Hall–Kier alpha value is -0.580. The molecule has 0 saturated heterocycles. The van der Waals surface area contributed by atoms with Crippen LogP contribution in [0.4, 0.5) is 0 Å². The van der Waals surface area contributed by atoms with Crippen LogP contribution in [0.5, 0.6) is 5.75 Å². The van der Waals surface area contributed by atoms with Gasteiger partial charge in [-0.15, -0.1) is 0 Å². The predicted octanol–water partition coefficient (Wildman–Crippen LogP) is 3.58. The summed E-state index contributed by atoms with van der Waals surface area (Å²) in [4.78, 5) is 0. The van der Waals surface area contributed by atoms with Gasteiger partial charge in [0.25, 0.3) is 0 Å². The van der Waals surface area contributed by atoms with Crippen molar-refractivity contribution in [2.75, 3.05) is 6.61 Å². The molecule has 1 saturated carbocycles. The molecule has 0 spiro atoms. The normalized spacial score (nSPS) is 26.2. The second-order valence-electron chi connectivity index (χ2n) is 6.66. The van der Waals surface area contributed by atoms with Gasteiger partial charge in [0.1, 0.15) is 5.75 Å². The van der Waals surface area contributed by atoms with Gasteiger partial charge in [0.2, 0.25) is 0 Å². The third-order valence-electron chi connectivity index (χ3n) is 5.03. The van der Waals surface area contributed by atoms with Gasteiger partial charge in [-0.25, -0.2) is 0 Å².